The fraction of sp³-hybridized carbons (Fsp3) is 0.348. The van der Waals surface area contributed by atoms with Crippen LogP contribution in [0.5, 0.6) is 23.0 Å². The Morgan fingerprint density at radius 1 is 1.04 bits per heavy atom. The minimum absolute atomic E-state index is 0.186. The summed E-state index contributed by atoms with van der Waals surface area (Å²) >= 11 is 0. The average Bonchev–Trinajstić information content (AvgIpc) is 2.73. The van der Waals surface area contributed by atoms with Gasteiger partial charge in [0.25, 0.3) is 0 Å². The molecule has 5 nitrogen and oxygen atoms in total. The van der Waals surface area contributed by atoms with Crippen LogP contribution in [0, 0.1) is 5.92 Å². The number of hydrogen-bond donors (Lipinski definition) is 2. The van der Waals surface area contributed by atoms with Crippen molar-refractivity contribution in [3.63, 3.8) is 0 Å². The summed E-state index contributed by atoms with van der Waals surface area (Å²) in [7, 11) is 1.60. The second kappa shape index (κ2) is 7.97. The number of phenols is 1. The Kier molecular flexibility index (Phi) is 5.24. The smallest absolute Gasteiger partial charge is 0.231 e. The van der Waals surface area contributed by atoms with E-state index in [-0.39, 0.29) is 16.9 Å². The number of nitrogens with one attached hydrogen (secondary N) is 1. The molecular formula is C23H25NO4. The molecule has 0 aliphatic heterocycles. The largest absolute Gasteiger partial charge is 0.508 e. The quantitative estimate of drug-likeness (QED) is 0.642. The molecule has 0 saturated heterocycles. The van der Waals surface area contributed by atoms with Gasteiger partial charge in [-0.3, -0.25) is 4.79 Å². The SMILES string of the molecule is COc1ccc(Oc2c[nH]c3c(CC4CCCCC4)c(O)ccc3c2=O)cc1. The van der Waals surface area contributed by atoms with Crippen molar-refractivity contribution in [2.45, 2.75) is 38.5 Å². The predicted octanol–water partition coefficient (Wildman–Crippen LogP) is 5.16. The second-order valence-electron chi connectivity index (χ2n) is 7.45. The number of ether oxygens (including phenoxy) is 2. The van der Waals surface area contributed by atoms with Gasteiger partial charge < -0.3 is 19.6 Å². The van der Waals surface area contributed by atoms with E-state index in [2.05, 4.69) is 4.98 Å². The topological polar surface area (TPSA) is 71.6 Å². The van der Waals surface area contributed by atoms with E-state index in [9.17, 15) is 9.90 Å². The molecule has 1 aliphatic rings. The predicted molar refractivity (Wildman–Crippen MR) is 110 cm³/mol. The zero-order valence-electron chi connectivity index (χ0n) is 16.0. The molecule has 1 aliphatic carbocycles. The summed E-state index contributed by atoms with van der Waals surface area (Å²) in [6.07, 6.45) is 8.51. The van der Waals surface area contributed by atoms with Gasteiger partial charge in [-0.2, -0.15) is 0 Å². The summed E-state index contributed by atoms with van der Waals surface area (Å²) in [6.45, 7) is 0. The highest BCUT2D eigenvalue weighted by molar-refractivity contribution is 5.85. The van der Waals surface area contributed by atoms with Gasteiger partial charge in [0.2, 0.25) is 5.43 Å². The van der Waals surface area contributed by atoms with Crippen LogP contribution in [0.15, 0.2) is 47.4 Å². The molecule has 1 aromatic heterocycles. The van der Waals surface area contributed by atoms with Crippen LogP contribution >= 0.6 is 0 Å². The third kappa shape index (κ3) is 3.70. The van der Waals surface area contributed by atoms with Crippen molar-refractivity contribution in [3.05, 3.63) is 58.4 Å². The number of aromatic amines is 1. The second-order valence-corrected chi connectivity index (χ2v) is 7.45. The van der Waals surface area contributed by atoms with Crippen LogP contribution in [0.3, 0.4) is 0 Å². The molecule has 0 unspecified atom stereocenters. The number of methoxy groups -OCH3 is 1. The Hall–Kier alpha value is -2.95. The van der Waals surface area contributed by atoms with Gasteiger partial charge in [0, 0.05) is 17.1 Å². The summed E-state index contributed by atoms with van der Waals surface area (Å²) in [5.41, 5.74) is 1.35. The van der Waals surface area contributed by atoms with Gasteiger partial charge in [-0.25, -0.2) is 0 Å². The van der Waals surface area contributed by atoms with E-state index < -0.39 is 0 Å². The Balaban J connectivity index is 1.66. The van der Waals surface area contributed by atoms with Crippen LogP contribution in [0.2, 0.25) is 0 Å². The van der Waals surface area contributed by atoms with Crippen LogP contribution in [0.1, 0.15) is 37.7 Å². The van der Waals surface area contributed by atoms with Crippen LogP contribution in [-0.2, 0) is 6.42 Å². The zero-order valence-corrected chi connectivity index (χ0v) is 16.0. The number of pyridine rings is 1. The van der Waals surface area contributed by atoms with E-state index in [0.29, 0.717) is 22.6 Å². The molecule has 2 aromatic carbocycles. The van der Waals surface area contributed by atoms with E-state index in [1.807, 2.05) is 0 Å². The van der Waals surface area contributed by atoms with Gasteiger partial charge in [-0.1, -0.05) is 32.1 Å². The highest BCUT2D eigenvalue weighted by Gasteiger charge is 2.19. The Morgan fingerprint density at radius 3 is 2.46 bits per heavy atom. The normalized spacial score (nSPS) is 14.9. The van der Waals surface area contributed by atoms with E-state index in [0.717, 1.165) is 17.7 Å². The van der Waals surface area contributed by atoms with Crippen molar-refractivity contribution in [1.29, 1.82) is 0 Å². The van der Waals surface area contributed by atoms with Crippen LogP contribution in [-0.4, -0.2) is 17.2 Å². The maximum absolute atomic E-state index is 13.0. The summed E-state index contributed by atoms with van der Waals surface area (Å²) in [5, 5.41) is 11.0. The number of phenolic OH excluding ortho intramolecular Hbond substituents is 1. The summed E-state index contributed by atoms with van der Waals surface area (Å²) in [4.78, 5) is 16.2. The van der Waals surface area contributed by atoms with E-state index in [1.54, 1.807) is 49.7 Å². The minimum atomic E-state index is -0.186. The lowest BCUT2D eigenvalue weighted by atomic mass is 9.84. The molecular weight excluding hydrogens is 354 g/mol. The molecule has 146 valence electrons. The van der Waals surface area contributed by atoms with Crippen molar-refractivity contribution in [3.8, 4) is 23.0 Å². The molecule has 5 heteroatoms. The van der Waals surface area contributed by atoms with Crippen LogP contribution in [0.25, 0.3) is 10.9 Å². The van der Waals surface area contributed by atoms with Crippen molar-refractivity contribution >= 4 is 10.9 Å². The molecule has 28 heavy (non-hydrogen) atoms. The Bertz CT molecular complexity index is 1020. The fourth-order valence-corrected chi connectivity index (χ4v) is 4.06. The summed E-state index contributed by atoms with van der Waals surface area (Å²) in [6, 6.07) is 10.4. The molecule has 1 heterocycles. The number of H-pyrrole nitrogens is 1. The number of aromatic hydroxyl groups is 1. The molecule has 3 aromatic rings. The van der Waals surface area contributed by atoms with Gasteiger partial charge >= 0.3 is 0 Å². The number of aromatic nitrogens is 1. The molecule has 1 fully saturated rings. The first-order chi connectivity index (χ1) is 13.7. The molecule has 0 radical (unpaired) electrons. The molecule has 2 N–H and O–H groups in total. The van der Waals surface area contributed by atoms with Crippen molar-refractivity contribution in [2.75, 3.05) is 7.11 Å². The number of fused-ring (bicyclic) bond motifs is 1. The summed E-state index contributed by atoms with van der Waals surface area (Å²) < 4.78 is 10.9. The first-order valence-corrected chi connectivity index (χ1v) is 9.84. The van der Waals surface area contributed by atoms with Crippen LogP contribution < -0.4 is 14.9 Å². The molecule has 1 saturated carbocycles. The van der Waals surface area contributed by atoms with Crippen molar-refractivity contribution in [2.24, 2.45) is 5.92 Å². The van der Waals surface area contributed by atoms with Gasteiger partial charge in [0.1, 0.15) is 17.2 Å². The third-order valence-electron chi connectivity index (χ3n) is 5.61. The minimum Gasteiger partial charge on any atom is -0.508 e. The van der Waals surface area contributed by atoms with Crippen molar-refractivity contribution < 1.29 is 14.6 Å². The standard InChI is InChI=1S/C23H25NO4/c1-27-16-7-9-17(10-8-16)28-21-14-24-22-18(23(21)26)11-12-20(25)19(22)13-15-5-3-2-4-6-15/h7-12,14-15,25H,2-6,13H2,1H3,(H,24,26). The van der Waals surface area contributed by atoms with Crippen molar-refractivity contribution in [1.82, 2.24) is 4.98 Å². The van der Waals surface area contributed by atoms with Gasteiger partial charge in [-0.05, 0) is 48.7 Å². The van der Waals surface area contributed by atoms with E-state index in [1.165, 1.54) is 32.1 Å². The van der Waals surface area contributed by atoms with Gasteiger partial charge in [-0.15, -0.1) is 0 Å². The maximum atomic E-state index is 13.0. The highest BCUT2D eigenvalue weighted by atomic mass is 16.5. The lowest BCUT2D eigenvalue weighted by molar-refractivity contribution is 0.352. The fourth-order valence-electron chi connectivity index (χ4n) is 4.06. The highest BCUT2D eigenvalue weighted by Crippen LogP contribution is 2.33. The number of hydrogen-bond acceptors (Lipinski definition) is 4. The Morgan fingerprint density at radius 2 is 1.75 bits per heavy atom. The molecule has 4 rings (SSSR count). The number of rotatable bonds is 5. The lowest BCUT2D eigenvalue weighted by Gasteiger charge is -2.22. The summed E-state index contributed by atoms with van der Waals surface area (Å²) in [5.74, 6) is 2.32. The Labute approximate surface area is 163 Å². The molecule has 0 atom stereocenters. The molecule has 0 bridgehead atoms. The van der Waals surface area contributed by atoms with E-state index >= 15 is 0 Å². The number of benzene rings is 2. The first-order valence-electron chi connectivity index (χ1n) is 9.84. The van der Waals surface area contributed by atoms with Gasteiger partial charge in [0.05, 0.1) is 12.6 Å². The molecule has 0 amide bonds. The monoisotopic (exact) mass is 379 g/mol. The lowest BCUT2D eigenvalue weighted by Crippen LogP contribution is -2.12. The van der Waals surface area contributed by atoms with E-state index in [4.69, 9.17) is 9.47 Å². The van der Waals surface area contributed by atoms with Gasteiger partial charge in [0.15, 0.2) is 5.75 Å². The van der Waals surface area contributed by atoms with Crippen LogP contribution in [0.4, 0.5) is 0 Å². The first kappa shape index (κ1) is 18.4. The maximum Gasteiger partial charge on any atom is 0.231 e. The third-order valence-corrected chi connectivity index (χ3v) is 5.61. The average molecular weight is 379 g/mol. The molecule has 0 spiro atoms. The zero-order chi connectivity index (χ0) is 19.5.